The van der Waals surface area contributed by atoms with Crippen molar-refractivity contribution in [1.82, 2.24) is 9.78 Å². The molecule has 0 amide bonds. The van der Waals surface area contributed by atoms with Crippen LogP contribution in [0.2, 0.25) is 0 Å². The maximum Gasteiger partial charge on any atom is 0.417 e. The largest absolute Gasteiger partial charge is 0.417 e. The van der Waals surface area contributed by atoms with Gasteiger partial charge in [-0.1, -0.05) is 0 Å². The van der Waals surface area contributed by atoms with E-state index in [9.17, 15) is 25.0 Å². The number of non-ortho nitro benzene ring substituents is 1. The van der Waals surface area contributed by atoms with Crippen LogP contribution in [0.4, 0.5) is 11.4 Å². The van der Waals surface area contributed by atoms with Gasteiger partial charge < -0.3 is 4.42 Å². The van der Waals surface area contributed by atoms with Crippen molar-refractivity contribution in [3.8, 4) is 11.1 Å². The molecule has 0 radical (unpaired) electrons. The molecule has 0 atom stereocenters. The molecule has 2 aromatic heterocycles. The van der Waals surface area contributed by atoms with Crippen LogP contribution in [0.25, 0.3) is 22.2 Å². The Hall–Kier alpha value is -3.56. The highest BCUT2D eigenvalue weighted by molar-refractivity contribution is 5.98. The van der Waals surface area contributed by atoms with Gasteiger partial charge in [0.05, 0.1) is 26.5 Å². The Morgan fingerprint density at radius 1 is 1.12 bits per heavy atom. The predicted molar refractivity (Wildman–Crippen MR) is 82.7 cm³/mol. The molecule has 0 bridgehead atoms. The van der Waals surface area contributed by atoms with E-state index in [0.717, 1.165) is 0 Å². The van der Waals surface area contributed by atoms with E-state index in [2.05, 4.69) is 5.10 Å². The highest BCUT2D eigenvalue weighted by Crippen LogP contribution is 2.36. The number of fused-ring (bicyclic) bond motifs is 1. The van der Waals surface area contributed by atoms with Crippen LogP contribution in [-0.2, 0) is 7.05 Å². The summed E-state index contributed by atoms with van der Waals surface area (Å²) in [5.74, 6) is 0. The molecule has 24 heavy (non-hydrogen) atoms. The second kappa shape index (κ2) is 5.26. The lowest BCUT2D eigenvalue weighted by Gasteiger charge is -2.04. The van der Waals surface area contributed by atoms with Crippen molar-refractivity contribution >= 4 is 22.5 Å². The van der Waals surface area contributed by atoms with Gasteiger partial charge >= 0.3 is 11.3 Å². The number of benzene rings is 1. The minimum Gasteiger partial charge on any atom is -0.399 e. The molecule has 0 saturated carbocycles. The van der Waals surface area contributed by atoms with Crippen LogP contribution in [0.15, 0.2) is 33.5 Å². The first-order valence-electron chi connectivity index (χ1n) is 6.71. The maximum atomic E-state index is 12.0. The summed E-state index contributed by atoms with van der Waals surface area (Å²) < 4.78 is 6.34. The standard InChI is InChI=1S/C14H10N4O6/c1-7-10-11(8-3-5-9(6-4-8)17(20)21)12(18(22)23)14(19)24-13(10)16(2)15-7/h3-6H,1-2H3. The minimum atomic E-state index is -1.11. The third-order valence-corrected chi connectivity index (χ3v) is 3.59. The average Bonchev–Trinajstić information content (AvgIpc) is 2.80. The molecule has 0 spiro atoms. The van der Waals surface area contributed by atoms with Crippen LogP contribution in [0.1, 0.15) is 5.69 Å². The number of rotatable bonds is 3. The van der Waals surface area contributed by atoms with E-state index in [1.807, 2.05) is 0 Å². The lowest BCUT2D eigenvalue weighted by atomic mass is 10.0. The number of aryl methyl sites for hydroxylation is 2. The molecular weight excluding hydrogens is 320 g/mol. The third kappa shape index (κ3) is 2.20. The second-order valence-corrected chi connectivity index (χ2v) is 5.06. The minimum absolute atomic E-state index is 0.0340. The number of hydrogen-bond acceptors (Lipinski definition) is 7. The van der Waals surface area contributed by atoms with Crippen molar-refractivity contribution in [2.75, 3.05) is 0 Å². The molecule has 0 aliphatic carbocycles. The summed E-state index contributed by atoms with van der Waals surface area (Å²) in [6.07, 6.45) is 0. The number of nitrogens with zero attached hydrogens (tertiary/aromatic N) is 4. The van der Waals surface area contributed by atoms with Crippen LogP contribution in [0.3, 0.4) is 0 Å². The van der Waals surface area contributed by atoms with E-state index in [4.69, 9.17) is 4.42 Å². The average molecular weight is 330 g/mol. The molecule has 10 heteroatoms. The maximum absolute atomic E-state index is 12.0. The predicted octanol–water partition coefficient (Wildman–Crippen LogP) is 2.32. The summed E-state index contributed by atoms with van der Waals surface area (Å²) in [6, 6.07) is 5.13. The number of hydrogen-bond donors (Lipinski definition) is 0. The Kier molecular flexibility index (Phi) is 3.36. The van der Waals surface area contributed by atoms with Gasteiger partial charge in [-0.05, 0) is 24.6 Å². The van der Waals surface area contributed by atoms with Gasteiger partial charge in [-0.25, -0.2) is 9.48 Å². The van der Waals surface area contributed by atoms with Crippen molar-refractivity contribution in [3.63, 3.8) is 0 Å². The van der Waals surface area contributed by atoms with Crippen molar-refractivity contribution in [2.24, 2.45) is 7.05 Å². The highest BCUT2D eigenvalue weighted by Gasteiger charge is 2.29. The van der Waals surface area contributed by atoms with Crippen molar-refractivity contribution in [2.45, 2.75) is 6.92 Å². The van der Waals surface area contributed by atoms with E-state index in [0.29, 0.717) is 16.6 Å². The molecule has 2 heterocycles. The summed E-state index contributed by atoms with van der Waals surface area (Å²) in [4.78, 5) is 32.8. The Bertz CT molecular complexity index is 1050. The van der Waals surface area contributed by atoms with Crippen LogP contribution < -0.4 is 5.63 Å². The highest BCUT2D eigenvalue weighted by atomic mass is 16.6. The van der Waals surface area contributed by atoms with Crippen LogP contribution in [0, 0.1) is 27.2 Å². The monoisotopic (exact) mass is 330 g/mol. The number of nitro groups is 2. The van der Waals surface area contributed by atoms with Gasteiger partial charge in [-0.2, -0.15) is 5.10 Å². The fraction of sp³-hybridized carbons (Fsp3) is 0.143. The number of aromatic nitrogens is 2. The summed E-state index contributed by atoms with van der Waals surface area (Å²) in [5, 5.41) is 26.6. The summed E-state index contributed by atoms with van der Waals surface area (Å²) in [6.45, 7) is 1.63. The molecule has 3 rings (SSSR count). The third-order valence-electron chi connectivity index (χ3n) is 3.59. The van der Waals surface area contributed by atoms with Crippen molar-refractivity contribution in [3.05, 3.63) is 60.6 Å². The van der Waals surface area contributed by atoms with E-state index in [-0.39, 0.29) is 17.0 Å². The Morgan fingerprint density at radius 2 is 1.75 bits per heavy atom. The lowest BCUT2D eigenvalue weighted by Crippen LogP contribution is -2.09. The van der Waals surface area contributed by atoms with Gasteiger partial charge in [-0.3, -0.25) is 20.2 Å². The van der Waals surface area contributed by atoms with Gasteiger partial charge in [0.25, 0.3) is 5.69 Å². The van der Waals surface area contributed by atoms with Gasteiger partial charge in [-0.15, -0.1) is 0 Å². The van der Waals surface area contributed by atoms with Gasteiger partial charge in [0.15, 0.2) is 0 Å². The fourth-order valence-corrected chi connectivity index (χ4v) is 2.60. The smallest absolute Gasteiger partial charge is 0.399 e. The van der Waals surface area contributed by atoms with E-state index >= 15 is 0 Å². The molecule has 0 aliphatic heterocycles. The second-order valence-electron chi connectivity index (χ2n) is 5.06. The molecule has 0 unspecified atom stereocenters. The summed E-state index contributed by atoms with van der Waals surface area (Å²) >= 11 is 0. The van der Waals surface area contributed by atoms with Gasteiger partial charge in [0, 0.05) is 19.2 Å². The molecule has 3 aromatic rings. The molecule has 10 nitrogen and oxygen atoms in total. The molecule has 0 N–H and O–H groups in total. The van der Waals surface area contributed by atoms with E-state index in [1.54, 1.807) is 14.0 Å². The molecule has 0 aliphatic rings. The zero-order valence-corrected chi connectivity index (χ0v) is 12.5. The fourth-order valence-electron chi connectivity index (χ4n) is 2.60. The van der Waals surface area contributed by atoms with E-state index < -0.39 is 21.2 Å². The number of nitro benzene ring substituents is 1. The molecule has 122 valence electrons. The first-order chi connectivity index (χ1) is 11.3. The van der Waals surface area contributed by atoms with Crippen molar-refractivity contribution in [1.29, 1.82) is 0 Å². The SMILES string of the molecule is Cc1nn(C)c2oc(=O)c([N+](=O)[O-])c(-c3ccc([N+](=O)[O-])cc3)c12. The zero-order chi connectivity index (χ0) is 17.6. The first-order valence-corrected chi connectivity index (χ1v) is 6.71. The zero-order valence-electron chi connectivity index (χ0n) is 12.5. The normalized spacial score (nSPS) is 10.9. The molecular formula is C14H10N4O6. The first kappa shape index (κ1) is 15.3. The Morgan fingerprint density at radius 3 is 2.29 bits per heavy atom. The molecule has 1 aromatic carbocycles. The van der Waals surface area contributed by atoms with Crippen LogP contribution in [0.5, 0.6) is 0 Å². The van der Waals surface area contributed by atoms with Crippen molar-refractivity contribution < 1.29 is 14.3 Å². The quantitative estimate of drug-likeness (QED) is 0.531. The van der Waals surface area contributed by atoms with E-state index in [1.165, 1.54) is 28.9 Å². The lowest BCUT2D eigenvalue weighted by molar-refractivity contribution is -0.386. The Labute approximate surface area is 133 Å². The van der Waals surface area contributed by atoms with Gasteiger partial charge in [0.1, 0.15) is 0 Å². The Balaban J connectivity index is 2.44. The molecule has 0 fully saturated rings. The summed E-state index contributed by atoms with van der Waals surface area (Å²) in [7, 11) is 1.55. The molecule has 0 saturated heterocycles. The summed E-state index contributed by atoms with van der Waals surface area (Å²) in [5.41, 5.74) is -1.14. The van der Waals surface area contributed by atoms with Gasteiger partial charge in [0.2, 0.25) is 5.71 Å². The van der Waals surface area contributed by atoms with Crippen LogP contribution in [-0.4, -0.2) is 19.6 Å². The van der Waals surface area contributed by atoms with Crippen LogP contribution >= 0.6 is 0 Å². The topological polar surface area (TPSA) is 134 Å².